The lowest BCUT2D eigenvalue weighted by atomic mass is 9.83. The van der Waals surface area contributed by atoms with E-state index >= 15 is 0 Å². The van der Waals surface area contributed by atoms with E-state index in [0.717, 1.165) is 0 Å². The van der Waals surface area contributed by atoms with Crippen LogP contribution in [0.1, 0.15) is 52.7 Å². The molecule has 0 amide bonds. The average molecular weight is 319 g/mol. The highest BCUT2D eigenvalue weighted by Crippen LogP contribution is 2.36. The first-order chi connectivity index (χ1) is 8.60. The maximum Gasteiger partial charge on any atom is 0.0291 e. The third kappa shape index (κ3) is 2.86. The Morgan fingerprint density at radius 3 is 1.95 bits per heavy atom. The van der Waals surface area contributed by atoms with Crippen LogP contribution in [-0.4, -0.2) is 0 Å². The van der Waals surface area contributed by atoms with E-state index in [1.54, 1.807) is 0 Å². The van der Waals surface area contributed by atoms with Gasteiger partial charge in [0.15, 0.2) is 0 Å². The Kier molecular flexibility index (Phi) is 3.55. The van der Waals surface area contributed by atoms with Gasteiger partial charge in [0.25, 0.3) is 0 Å². The second kappa shape index (κ2) is 4.63. The molecule has 0 saturated carbocycles. The van der Waals surface area contributed by atoms with Crippen molar-refractivity contribution >= 4 is 26.7 Å². The van der Waals surface area contributed by atoms with Crippen molar-refractivity contribution in [3.63, 3.8) is 0 Å². The minimum Gasteiger partial charge on any atom is -0.0578 e. The van der Waals surface area contributed by atoms with Crippen LogP contribution < -0.4 is 0 Å². The van der Waals surface area contributed by atoms with E-state index in [2.05, 4.69) is 87.8 Å². The number of hydrogen-bond donors (Lipinski definition) is 0. The third-order valence-corrected chi connectivity index (χ3v) is 4.48. The molecule has 0 spiro atoms. The molecule has 19 heavy (non-hydrogen) atoms. The van der Waals surface area contributed by atoms with Gasteiger partial charge >= 0.3 is 0 Å². The van der Waals surface area contributed by atoms with E-state index in [1.807, 2.05) is 0 Å². The molecule has 0 unspecified atom stereocenters. The Bertz CT molecular complexity index is 610. The first kappa shape index (κ1) is 14.6. The highest BCUT2D eigenvalue weighted by atomic mass is 79.9. The van der Waals surface area contributed by atoms with Crippen LogP contribution in [0, 0.1) is 0 Å². The molecule has 2 aromatic rings. The van der Waals surface area contributed by atoms with E-state index in [0.29, 0.717) is 0 Å². The minimum atomic E-state index is 0.162. The van der Waals surface area contributed by atoms with Crippen molar-refractivity contribution in [1.29, 1.82) is 0 Å². The summed E-state index contributed by atoms with van der Waals surface area (Å²) in [7, 11) is 0. The molecule has 0 aromatic heterocycles. The van der Waals surface area contributed by atoms with Crippen LogP contribution in [0.2, 0.25) is 0 Å². The van der Waals surface area contributed by atoms with Crippen molar-refractivity contribution in [1.82, 2.24) is 0 Å². The molecule has 0 saturated heterocycles. The lowest BCUT2D eigenvalue weighted by Gasteiger charge is -2.23. The second-order valence-corrected chi connectivity index (χ2v) is 8.16. The van der Waals surface area contributed by atoms with Gasteiger partial charge in [-0.25, -0.2) is 0 Å². The van der Waals surface area contributed by atoms with Gasteiger partial charge in [-0.1, -0.05) is 71.9 Å². The zero-order valence-electron chi connectivity index (χ0n) is 12.8. The molecule has 0 bridgehead atoms. The second-order valence-electron chi connectivity index (χ2n) is 7.36. The van der Waals surface area contributed by atoms with Crippen molar-refractivity contribution in [3.8, 4) is 0 Å². The normalized spacial score (nSPS) is 13.0. The summed E-state index contributed by atoms with van der Waals surface area (Å²) in [6.07, 6.45) is 0. The predicted octanol–water partition coefficient (Wildman–Crippen LogP) is 6.20. The van der Waals surface area contributed by atoms with Crippen LogP contribution in [0.5, 0.6) is 0 Å². The maximum absolute atomic E-state index is 3.79. The van der Waals surface area contributed by atoms with Crippen LogP contribution in [0.15, 0.2) is 34.8 Å². The van der Waals surface area contributed by atoms with E-state index in [9.17, 15) is 0 Å². The van der Waals surface area contributed by atoms with Crippen LogP contribution in [0.4, 0.5) is 0 Å². The summed E-state index contributed by atoms with van der Waals surface area (Å²) in [6, 6.07) is 11.3. The smallest absolute Gasteiger partial charge is 0.0291 e. The van der Waals surface area contributed by atoms with Crippen LogP contribution >= 0.6 is 15.9 Å². The summed E-state index contributed by atoms with van der Waals surface area (Å²) in [5, 5.41) is 2.62. The fraction of sp³-hybridized carbons (Fsp3) is 0.444. The largest absolute Gasteiger partial charge is 0.0578 e. The molecule has 0 nitrogen and oxygen atoms in total. The predicted molar refractivity (Wildman–Crippen MR) is 89.0 cm³/mol. The van der Waals surface area contributed by atoms with Gasteiger partial charge in [-0.05, 0) is 48.7 Å². The summed E-state index contributed by atoms with van der Waals surface area (Å²) in [6.45, 7) is 13.5. The summed E-state index contributed by atoms with van der Waals surface area (Å²) in [5.74, 6) is 0. The van der Waals surface area contributed by atoms with E-state index in [-0.39, 0.29) is 10.8 Å². The van der Waals surface area contributed by atoms with Gasteiger partial charge in [-0.2, -0.15) is 0 Å². The monoisotopic (exact) mass is 318 g/mol. The summed E-state index contributed by atoms with van der Waals surface area (Å²) < 4.78 is 1.23. The number of rotatable bonds is 0. The minimum absolute atomic E-state index is 0.162. The van der Waals surface area contributed by atoms with Gasteiger partial charge < -0.3 is 0 Å². The zero-order valence-corrected chi connectivity index (χ0v) is 14.4. The van der Waals surface area contributed by atoms with Gasteiger partial charge in [-0.3, -0.25) is 0 Å². The lowest BCUT2D eigenvalue weighted by Crippen LogP contribution is -2.13. The van der Waals surface area contributed by atoms with Gasteiger partial charge in [0.1, 0.15) is 0 Å². The van der Waals surface area contributed by atoms with Gasteiger partial charge in [0.05, 0.1) is 0 Å². The molecule has 0 aliphatic heterocycles. The van der Waals surface area contributed by atoms with Crippen molar-refractivity contribution in [2.24, 2.45) is 0 Å². The summed E-state index contributed by atoms with van der Waals surface area (Å²) >= 11 is 3.79. The number of hydrogen-bond acceptors (Lipinski definition) is 0. The molecule has 0 aliphatic rings. The van der Waals surface area contributed by atoms with Gasteiger partial charge in [-0.15, -0.1) is 0 Å². The van der Waals surface area contributed by atoms with Gasteiger partial charge in [0.2, 0.25) is 0 Å². The van der Waals surface area contributed by atoms with E-state index < -0.39 is 0 Å². The van der Waals surface area contributed by atoms with Crippen molar-refractivity contribution in [2.45, 2.75) is 52.4 Å². The van der Waals surface area contributed by atoms with Crippen molar-refractivity contribution in [3.05, 3.63) is 45.9 Å². The molecule has 102 valence electrons. The molecular weight excluding hydrogens is 296 g/mol. The Hall–Kier alpha value is -0.820. The van der Waals surface area contributed by atoms with Crippen LogP contribution in [0.3, 0.4) is 0 Å². The molecular formula is C18H23Br. The topological polar surface area (TPSA) is 0 Å². The van der Waals surface area contributed by atoms with Gasteiger partial charge in [0, 0.05) is 4.47 Å². The fourth-order valence-electron chi connectivity index (χ4n) is 2.34. The highest BCUT2D eigenvalue weighted by molar-refractivity contribution is 9.10. The first-order valence-electron chi connectivity index (χ1n) is 6.84. The molecule has 0 fully saturated rings. The van der Waals surface area contributed by atoms with E-state index in [1.165, 1.54) is 26.4 Å². The Labute approximate surface area is 125 Å². The maximum atomic E-state index is 3.79. The quantitative estimate of drug-likeness (QED) is 0.542. The van der Waals surface area contributed by atoms with Crippen LogP contribution in [-0.2, 0) is 10.8 Å². The number of halogens is 1. The number of fused-ring (bicyclic) bond motifs is 1. The highest BCUT2D eigenvalue weighted by Gasteiger charge is 2.19. The third-order valence-electron chi connectivity index (χ3n) is 3.63. The average Bonchev–Trinajstić information content (AvgIpc) is 2.26. The molecule has 0 aliphatic carbocycles. The zero-order chi connectivity index (χ0) is 14.4. The lowest BCUT2D eigenvalue weighted by molar-refractivity contribution is 0.587. The molecule has 0 N–H and O–H groups in total. The summed E-state index contributed by atoms with van der Waals surface area (Å²) in [5.41, 5.74) is 3.11. The summed E-state index contributed by atoms with van der Waals surface area (Å²) in [4.78, 5) is 0. The van der Waals surface area contributed by atoms with Crippen molar-refractivity contribution < 1.29 is 0 Å². The molecule has 0 atom stereocenters. The SMILES string of the molecule is CC(C)(C)c1ccc2c(Br)c(C(C)(C)C)ccc2c1. The standard InChI is InChI=1S/C18H23Br/c1-17(2,3)13-8-9-14-12(11-13)7-10-15(16(14)19)18(4,5)6/h7-11H,1-6H3. The fourth-order valence-corrected chi connectivity index (χ4v) is 3.43. The Morgan fingerprint density at radius 2 is 1.42 bits per heavy atom. The Morgan fingerprint density at radius 1 is 0.789 bits per heavy atom. The Balaban J connectivity index is 2.67. The van der Waals surface area contributed by atoms with E-state index in [4.69, 9.17) is 0 Å². The molecule has 1 heteroatoms. The van der Waals surface area contributed by atoms with Crippen LogP contribution in [0.25, 0.3) is 10.8 Å². The van der Waals surface area contributed by atoms with Crippen molar-refractivity contribution in [2.75, 3.05) is 0 Å². The molecule has 0 heterocycles. The first-order valence-corrected chi connectivity index (χ1v) is 7.63. The number of benzene rings is 2. The molecule has 2 rings (SSSR count). The molecule has 0 radical (unpaired) electrons. The molecule has 2 aromatic carbocycles.